The van der Waals surface area contributed by atoms with Gasteiger partial charge in [-0.25, -0.2) is 0 Å². The summed E-state index contributed by atoms with van der Waals surface area (Å²) < 4.78 is 5.88. The van der Waals surface area contributed by atoms with Crippen LogP contribution < -0.4 is 10.1 Å². The summed E-state index contributed by atoms with van der Waals surface area (Å²) in [4.78, 5) is 14.5. The third kappa shape index (κ3) is 5.61. The molecule has 1 atom stereocenters. The molecular formula is C21H26N2O2. The van der Waals surface area contributed by atoms with E-state index in [9.17, 15) is 4.79 Å². The number of ether oxygens (including phenoxy) is 1. The van der Waals surface area contributed by atoms with Gasteiger partial charge in [-0.3, -0.25) is 9.69 Å². The summed E-state index contributed by atoms with van der Waals surface area (Å²) in [5.41, 5.74) is 2.05. The zero-order valence-corrected chi connectivity index (χ0v) is 14.8. The van der Waals surface area contributed by atoms with Gasteiger partial charge in [-0.05, 0) is 50.6 Å². The van der Waals surface area contributed by atoms with Crippen molar-refractivity contribution in [2.45, 2.75) is 19.8 Å². The van der Waals surface area contributed by atoms with Crippen molar-refractivity contribution < 1.29 is 9.53 Å². The van der Waals surface area contributed by atoms with Crippen LogP contribution >= 0.6 is 0 Å². The van der Waals surface area contributed by atoms with Crippen molar-refractivity contribution in [3.05, 3.63) is 60.2 Å². The number of nitrogens with one attached hydrogen (secondary N) is 1. The van der Waals surface area contributed by atoms with Crippen LogP contribution in [-0.2, 0) is 4.79 Å². The average molecular weight is 338 g/mol. The van der Waals surface area contributed by atoms with E-state index in [-0.39, 0.29) is 5.91 Å². The molecule has 132 valence electrons. The molecule has 2 aromatic rings. The minimum absolute atomic E-state index is 0.0495. The Hall–Kier alpha value is -2.33. The van der Waals surface area contributed by atoms with Crippen LogP contribution in [0, 0.1) is 12.8 Å². The third-order valence-corrected chi connectivity index (χ3v) is 4.53. The maximum atomic E-state index is 12.3. The molecule has 2 aromatic carbocycles. The summed E-state index contributed by atoms with van der Waals surface area (Å²) in [5, 5.41) is 2.98. The largest absolute Gasteiger partial charge is 0.493 e. The number of rotatable bonds is 6. The van der Waals surface area contributed by atoms with Crippen LogP contribution in [0.25, 0.3) is 0 Å². The zero-order chi connectivity index (χ0) is 17.5. The van der Waals surface area contributed by atoms with Crippen molar-refractivity contribution in [1.29, 1.82) is 0 Å². The fourth-order valence-electron chi connectivity index (χ4n) is 3.20. The maximum Gasteiger partial charge on any atom is 0.238 e. The number of para-hydroxylation sites is 1. The van der Waals surface area contributed by atoms with Gasteiger partial charge in [-0.2, -0.15) is 0 Å². The number of piperidine rings is 1. The van der Waals surface area contributed by atoms with Gasteiger partial charge in [0.2, 0.25) is 5.91 Å². The standard InChI is InChI=1S/C21H26N2O2/c1-17-9-11-19(12-10-17)22-21(24)15-23-13-5-6-18(14-23)16-25-20-7-3-2-4-8-20/h2-4,7-12,18H,5-6,13-16H2,1H3,(H,22,24). The van der Waals surface area contributed by atoms with E-state index in [2.05, 4.69) is 10.2 Å². The number of aryl methyl sites for hydroxylation is 1. The summed E-state index contributed by atoms with van der Waals surface area (Å²) in [6.07, 6.45) is 2.27. The lowest BCUT2D eigenvalue weighted by Gasteiger charge is -2.32. The van der Waals surface area contributed by atoms with Gasteiger partial charge in [0.05, 0.1) is 13.2 Å². The predicted molar refractivity (Wildman–Crippen MR) is 101 cm³/mol. The van der Waals surface area contributed by atoms with E-state index in [1.165, 1.54) is 5.56 Å². The quantitative estimate of drug-likeness (QED) is 0.873. The topological polar surface area (TPSA) is 41.6 Å². The summed E-state index contributed by atoms with van der Waals surface area (Å²) >= 11 is 0. The van der Waals surface area contributed by atoms with Crippen LogP contribution in [0.2, 0.25) is 0 Å². The molecule has 4 heteroatoms. The molecule has 25 heavy (non-hydrogen) atoms. The number of carbonyl (C=O) groups is 1. The van der Waals surface area contributed by atoms with E-state index in [1.807, 2.05) is 61.5 Å². The van der Waals surface area contributed by atoms with Crippen LogP contribution in [0.1, 0.15) is 18.4 Å². The maximum absolute atomic E-state index is 12.3. The zero-order valence-electron chi connectivity index (χ0n) is 14.8. The normalized spacial score (nSPS) is 17.9. The summed E-state index contributed by atoms with van der Waals surface area (Å²) in [6.45, 7) is 5.07. The minimum atomic E-state index is 0.0495. The second-order valence-corrected chi connectivity index (χ2v) is 6.78. The third-order valence-electron chi connectivity index (χ3n) is 4.53. The molecule has 0 aromatic heterocycles. The highest BCUT2D eigenvalue weighted by Gasteiger charge is 2.22. The number of anilines is 1. The van der Waals surface area contributed by atoms with E-state index in [4.69, 9.17) is 4.74 Å². The molecule has 1 heterocycles. The summed E-state index contributed by atoms with van der Waals surface area (Å²) in [5.74, 6) is 1.44. The molecular weight excluding hydrogens is 312 g/mol. The van der Waals surface area contributed by atoms with Crippen LogP contribution in [-0.4, -0.2) is 37.0 Å². The van der Waals surface area contributed by atoms with Gasteiger partial charge < -0.3 is 10.1 Å². The van der Waals surface area contributed by atoms with E-state index in [0.717, 1.165) is 37.4 Å². The van der Waals surface area contributed by atoms with Crippen molar-refractivity contribution in [3.63, 3.8) is 0 Å². The van der Waals surface area contributed by atoms with Crippen molar-refractivity contribution in [3.8, 4) is 5.75 Å². The number of hydrogen-bond donors (Lipinski definition) is 1. The smallest absolute Gasteiger partial charge is 0.238 e. The lowest BCUT2D eigenvalue weighted by Crippen LogP contribution is -2.42. The van der Waals surface area contributed by atoms with E-state index in [1.54, 1.807) is 0 Å². The average Bonchev–Trinajstić information content (AvgIpc) is 2.63. The summed E-state index contributed by atoms with van der Waals surface area (Å²) in [7, 11) is 0. The molecule has 1 saturated heterocycles. The van der Waals surface area contributed by atoms with Gasteiger partial charge in [-0.15, -0.1) is 0 Å². The number of benzene rings is 2. The number of hydrogen-bond acceptors (Lipinski definition) is 3. The molecule has 0 spiro atoms. The number of amides is 1. The highest BCUT2D eigenvalue weighted by molar-refractivity contribution is 5.92. The van der Waals surface area contributed by atoms with E-state index >= 15 is 0 Å². The first-order chi connectivity index (χ1) is 12.2. The minimum Gasteiger partial charge on any atom is -0.493 e. The fourth-order valence-corrected chi connectivity index (χ4v) is 3.20. The highest BCUT2D eigenvalue weighted by Crippen LogP contribution is 2.19. The number of likely N-dealkylation sites (tertiary alicyclic amines) is 1. The second-order valence-electron chi connectivity index (χ2n) is 6.78. The SMILES string of the molecule is Cc1ccc(NC(=O)CN2CCCC(COc3ccccc3)C2)cc1. The Morgan fingerprint density at radius 2 is 1.92 bits per heavy atom. The molecule has 1 amide bonds. The van der Waals surface area contributed by atoms with Gasteiger partial charge in [0, 0.05) is 18.2 Å². The molecule has 1 unspecified atom stereocenters. The van der Waals surface area contributed by atoms with Crippen LogP contribution in [0.4, 0.5) is 5.69 Å². The summed E-state index contributed by atoms with van der Waals surface area (Å²) in [6, 6.07) is 17.8. The first-order valence-corrected chi connectivity index (χ1v) is 8.96. The lowest BCUT2D eigenvalue weighted by atomic mass is 9.99. The van der Waals surface area contributed by atoms with Crippen molar-refractivity contribution >= 4 is 11.6 Å². The van der Waals surface area contributed by atoms with Crippen molar-refractivity contribution in [1.82, 2.24) is 4.90 Å². The number of carbonyl (C=O) groups excluding carboxylic acids is 1. The van der Waals surface area contributed by atoms with Gasteiger partial charge in [0.15, 0.2) is 0 Å². The molecule has 0 radical (unpaired) electrons. The Morgan fingerprint density at radius 3 is 2.68 bits per heavy atom. The molecule has 1 fully saturated rings. The molecule has 1 N–H and O–H groups in total. The number of nitrogens with zero attached hydrogens (tertiary/aromatic N) is 1. The lowest BCUT2D eigenvalue weighted by molar-refractivity contribution is -0.117. The molecule has 0 saturated carbocycles. The molecule has 1 aliphatic heterocycles. The Balaban J connectivity index is 1.44. The van der Waals surface area contributed by atoms with Crippen LogP contribution in [0.15, 0.2) is 54.6 Å². The second kappa shape index (κ2) is 8.67. The first kappa shape index (κ1) is 17.5. The van der Waals surface area contributed by atoms with Crippen LogP contribution in [0.5, 0.6) is 5.75 Å². The van der Waals surface area contributed by atoms with E-state index < -0.39 is 0 Å². The molecule has 3 rings (SSSR count). The molecule has 4 nitrogen and oxygen atoms in total. The Kier molecular flexibility index (Phi) is 6.07. The van der Waals surface area contributed by atoms with Crippen molar-refractivity contribution in [2.75, 3.05) is 31.6 Å². The Labute approximate surface area is 149 Å². The monoisotopic (exact) mass is 338 g/mol. The molecule has 1 aliphatic rings. The molecule has 0 bridgehead atoms. The molecule has 0 aliphatic carbocycles. The van der Waals surface area contributed by atoms with Gasteiger partial charge >= 0.3 is 0 Å². The Bertz CT molecular complexity index is 670. The predicted octanol–water partition coefficient (Wildman–Crippen LogP) is 3.72. The van der Waals surface area contributed by atoms with Gasteiger partial charge in [0.1, 0.15) is 5.75 Å². The Morgan fingerprint density at radius 1 is 1.16 bits per heavy atom. The van der Waals surface area contributed by atoms with Gasteiger partial charge in [0.25, 0.3) is 0 Å². The van der Waals surface area contributed by atoms with Crippen LogP contribution in [0.3, 0.4) is 0 Å². The van der Waals surface area contributed by atoms with Gasteiger partial charge in [-0.1, -0.05) is 35.9 Å². The highest BCUT2D eigenvalue weighted by atomic mass is 16.5. The van der Waals surface area contributed by atoms with E-state index in [0.29, 0.717) is 19.1 Å². The fraction of sp³-hybridized carbons (Fsp3) is 0.381. The van der Waals surface area contributed by atoms with Crippen molar-refractivity contribution in [2.24, 2.45) is 5.92 Å². The first-order valence-electron chi connectivity index (χ1n) is 8.96.